The summed E-state index contributed by atoms with van der Waals surface area (Å²) >= 11 is 1.30. The van der Waals surface area contributed by atoms with Crippen molar-refractivity contribution in [3.63, 3.8) is 0 Å². The summed E-state index contributed by atoms with van der Waals surface area (Å²) in [5.41, 5.74) is 0.209. The summed E-state index contributed by atoms with van der Waals surface area (Å²) < 4.78 is 0. The van der Waals surface area contributed by atoms with Gasteiger partial charge in [0.25, 0.3) is 0 Å². The number of Topliss-reactive ketones (excluding diaryl/α,β-unsaturated/α-hetero) is 1. The molecule has 0 bridgehead atoms. The highest BCUT2D eigenvalue weighted by molar-refractivity contribution is 8.00. The first kappa shape index (κ1) is 17.2. The van der Waals surface area contributed by atoms with E-state index in [1.807, 2.05) is 13.8 Å². The average Bonchev–Trinajstić information content (AvgIpc) is 2.42. The van der Waals surface area contributed by atoms with Gasteiger partial charge in [0.2, 0.25) is 5.91 Å². The summed E-state index contributed by atoms with van der Waals surface area (Å²) in [7, 11) is 0. The Bertz CT molecular complexity index is 525. The second-order valence-electron chi connectivity index (χ2n) is 5.02. The van der Waals surface area contributed by atoms with E-state index in [4.69, 9.17) is 5.11 Å². The number of ketones is 1. The van der Waals surface area contributed by atoms with Crippen molar-refractivity contribution in [3.05, 3.63) is 29.8 Å². The summed E-state index contributed by atoms with van der Waals surface area (Å²) in [4.78, 5) is 34.8. The van der Waals surface area contributed by atoms with Crippen LogP contribution in [0.4, 0.5) is 0 Å². The van der Waals surface area contributed by atoms with Crippen LogP contribution >= 0.6 is 11.8 Å². The van der Waals surface area contributed by atoms with E-state index in [2.05, 4.69) is 5.32 Å². The van der Waals surface area contributed by atoms with Gasteiger partial charge in [-0.15, -0.1) is 11.8 Å². The maximum atomic E-state index is 11.8. The number of carbonyl (C=O) groups excluding carboxylic acids is 2. The van der Waals surface area contributed by atoms with Crippen molar-refractivity contribution in [2.45, 2.75) is 31.7 Å². The number of nitrogens with one attached hydrogen (secondary N) is 1. The predicted molar refractivity (Wildman–Crippen MR) is 81.6 cm³/mol. The lowest BCUT2D eigenvalue weighted by Crippen LogP contribution is -2.44. The average molecular weight is 309 g/mol. The van der Waals surface area contributed by atoms with Crippen molar-refractivity contribution in [1.29, 1.82) is 0 Å². The number of hydrogen-bond donors (Lipinski definition) is 2. The molecule has 1 rings (SSSR count). The van der Waals surface area contributed by atoms with Gasteiger partial charge in [-0.1, -0.05) is 13.8 Å². The molecule has 0 spiro atoms. The van der Waals surface area contributed by atoms with Crippen molar-refractivity contribution in [3.8, 4) is 0 Å². The van der Waals surface area contributed by atoms with Gasteiger partial charge in [0.15, 0.2) is 5.78 Å². The van der Waals surface area contributed by atoms with Crippen LogP contribution in [0.3, 0.4) is 0 Å². The molecule has 0 aliphatic heterocycles. The third-order valence-corrected chi connectivity index (χ3v) is 3.90. The summed E-state index contributed by atoms with van der Waals surface area (Å²) in [6, 6.07) is 5.84. The van der Waals surface area contributed by atoms with Crippen molar-refractivity contribution in [2.24, 2.45) is 5.92 Å². The number of rotatable bonds is 7. The quantitative estimate of drug-likeness (QED) is 0.754. The van der Waals surface area contributed by atoms with Gasteiger partial charge in [-0.3, -0.25) is 9.59 Å². The van der Waals surface area contributed by atoms with Crippen LogP contribution in [0.5, 0.6) is 0 Å². The first-order valence-electron chi connectivity index (χ1n) is 6.57. The van der Waals surface area contributed by atoms with E-state index in [1.165, 1.54) is 30.8 Å². The molecular weight excluding hydrogens is 290 g/mol. The summed E-state index contributed by atoms with van der Waals surface area (Å²) in [6.45, 7) is 5.22. The van der Waals surface area contributed by atoms with Crippen LogP contribution in [-0.4, -0.2) is 34.6 Å². The molecule has 1 aromatic carbocycles. The lowest BCUT2D eigenvalue weighted by molar-refractivity contribution is -0.126. The molecule has 21 heavy (non-hydrogen) atoms. The largest absolute Gasteiger partial charge is 0.478 e. The number of aromatic carboxylic acids is 1. The maximum absolute atomic E-state index is 11.8. The molecule has 1 aromatic rings. The van der Waals surface area contributed by atoms with Crippen LogP contribution in [-0.2, 0) is 9.59 Å². The number of carbonyl (C=O) groups is 3. The van der Waals surface area contributed by atoms with Crippen molar-refractivity contribution < 1.29 is 19.5 Å². The lowest BCUT2D eigenvalue weighted by atomic mass is 10.0. The summed E-state index contributed by atoms with van der Waals surface area (Å²) in [5, 5.41) is 11.5. The monoisotopic (exact) mass is 309 g/mol. The van der Waals surface area contributed by atoms with Crippen molar-refractivity contribution >= 4 is 29.4 Å². The van der Waals surface area contributed by atoms with Gasteiger partial charge >= 0.3 is 5.97 Å². The first-order chi connectivity index (χ1) is 9.81. The third-order valence-electron chi connectivity index (χ3n) is 2.89. The minimum absolute atomic E-state index is 0.0475. The van der Waals surface area contributed by atoms with Gasteiger partial charge in [0.1, 0.15) is 0 Å². The van der Waals surface area contributed by atoms with E-state index >= 15 is 0 Å². The van der Waals surface area contributed by atoms with Gasteiger partial charge in [-0.2, -0.15) is 0 Å². The van der Waals surface area contributed by atoms with Crippen molar-refractivity contribution in [2.75, 3.05) is 5.75 Å². The molecule has 0 saturated heterocycles. The Morgan fingerprint density at radius 1 is 1.19 bits per heavy atom. The standard InChI is InChI=1S/C15H19NO4S/c1-9(2)14(10(3)17)16-13(18)8-21-12-6-4-11(5-7-12)15(19)20/h4-7,9,14H,8H2,1-3H3,(H,16,18)(H,19,20). The predicted octanol–water partition coefficient (Wildman–Crippen LogP) is 2.21. The van der Waals surface area contributed by atoms with E-state index in [9.17, 15) is 14.4 Å². The van der Waals surface area contributed by atoms with E-state index in [1.54, 1.807) is 12.1 Å². The molecule has 0 aromatic heterocycles. The van der Waals surface area contributed by atoms with Crippen LogP contribution in [0.2, 0.25) is 0 Å². The normalized spacial score (nSPS) is 12.0. The topological polar surface area (TPSA) is 83.5 Å². The zero-order valence-electron chi connectivity index (χ0n) is 12.3. The van der Waals surface area contributed by atoms with Crippen LogP contribution in [0, 0.1) is 5.92 Å². The molecule has 1 atom stereocenters. The van der Waals surface area contributed by atoms with E-state index in [0.717, 1.165) is 4.90 Å². The molecule has 114 valence electrons. The van der Waals surface area contributed by atoms with Gasteiger partial charge in [0, 0.05) is 4.90 Å². The molecule has 5 nitrogen and oxygen atoms in total. The Balaban J connectivity index is 2.52. The Labute approximate surface area is 128 Å². The first-order valence-corrected chi connectivity index (χ1v) is 7.55. The summed E-state index contributed by atoms with van der Waals surface area (Å²) in [6.07, 6.45) is 0. The summed E-state index contributed by atoms with van der Waals surface area (Å²) in [5.74, 6) is -1.02. The zero-order valence-corrected chi connectivity index (χ0v) is 13.1. The minimum Gasteiger partial charge on any atom is -0.478 e. The highest BCUT2D eigenvalue weighted by Crippen LogP contribution is 2.18. The molecule has 1 unspecified atom stereocenters. The lowest BCUT2D eigenvalue weighted by Gasteiger charge is -2.19. The fraction of sp³-hybridized carbons (Fsp3) is 0.400. The number of benzene rings is 1. The molecule has 2 N–H and O–H groups in total. The van der Waals surface area contributed by atoms with Crippen LogP contribution in [0.15, 0.2) is 29.2 Å². The SMILES string of the molecule is CC(=O)C(NC(=O)CSc1ccc(C(=O)O)cc1)C(C)C. The molecule has 0 fully saturated rings. The van der Waals surface area contributed by atoms with E-state index < -0.39 is 12.0 Å². The molecule has 0 saturated carbocycles. The second kappa shape index (κ2) is 7.83. The van der Waals surface area contributed by atoms with Gasteiger partial charge in [0.05, 0.1) is 17.4 Å². The number of carboxylic acids is 1. The van der Waals surface area contributed by atoms with E-state index in [0.29, 0.717) is 0 Å². The fourth-order valence-electron chi connectivity index (χ4n) is 1.80. The Hall–Kier alpha value is -1.82. The number of carboxylic acid groups (broad SMARTS) is 1. The molecule has 0 aliphatic carbocycles. The van der Waals surface area contributed by atoms with E-state index in [-0.39, 0.29) is 28.9 Å². The van der Waals surface area contributed by atoms with Gasteiger partial charge < -0.3 is 10.4 Å². The smallest absolute Gasteiger partial charge is 0.335 e. The van der Waals surface area contributed by atoms with Crippen LogP contribution in [0.1, 0.15) is 31.1 Å². The third kappa shape index (κ3) is 5.59. The Morgan fingerprint density at radius 2 is 1.76 bits per heavy atom. The molecule has 0 radical (unpaired) electrons. The molecule has 6 heteroatoms. The fourth-order valence-corrected chi connectivity index (χ4v) is 2.51. The Morgan fingerprint density at radius 3 is 2.19 bits per heavy atom. The second-order valence-corrected chi connectivity index (χ2v) is 6.07. The van der Waals surface area contributed by atoms with Gasteiger partial charge in [-0.05, 0) is 37.1 Å². The number of amides is 1. The minimum atomic E-state index is -0.981. The highest BCUT2D eigenvalue weighted by Gasteiger charge is 2.20. The highest BCUT2D eigenvalue weighted by atomic mass is 32.2. The molecule has 1 amide bonds. The zero-order chi connectivity index (χ0) is 16.0. The van der Waals surface area contributed by atoms with Gasteiger partial charge in [-0.25, -0.2) is 4.79 Å². The molecular formula is C15H19NO4S. The number of hydrogen-bond acceptors (Lipinski definition) is 4. The maximum Gasteiger partial charge on any atom is 0.335 e. The Kier molecular flexibility index (Phi) is 6.42. The molecule has 0 aliphatic rings. The molecule has 0 heterocycles. The number of thioether (sulfide) groups is 1. The van der Waals surface area contributed by atoms with Crippen LogP contribution in [0.25, 0.3) is 0 Å². The van der Waals surface area contributed by atoms with Crippen molar-refractivity contribution in [1.82, 2.24) is 5.32 Å². The van der Waals surface area contributed by atoms with Crippen LogP contribution < -0.4 is 5.32 Å².